The summed E-state index contributed by atoms with van der Waals surface area (Å²) in [6.45, 7) is 0.884. The first-order valence-corrected chi connectivity index (χ1v) is 10.4. The fourth-order valence-corrected chi connectivity index (χ4v) is 4.19. The number of carboxylic acid groups (broad SMARTS) is 1. The van der Waals surface area contributed by atoms with Gasteiger partial charge in [0.25, 0.3) is 11.8 Å². The molecule has 1 atom stereocenters. The molecule has 1 unspecified atom stereocenters. The van der Waals surface area contributed by atoms with Gasteiger partial charge in [-0.15, -0.1) is 0 Å². The van der Waals surface area contributed by atoms with E-state index in [2.05, 4.69) is 5.32 Å². The molecule has 33 heavy (non-hydrogen) atoms. The van der Waals surface area contributed by atoms with Crippen LogP contribution < -0.4 is 10.2 Å². The van der Waals surface area contributed by atoms with Crippen molar-refractivity contribution < 1.29 is 38.6 Å². The van der Waals surface area contributed by atoms with E-state index in [0.717, 1.165) is 4.90 Å². The highest BCUT2D eigenvalue weighted by Crippen LogP contribution is 2.31. The van der Waals surface area contributed by atoms with E-state index in [0.29, 0.717) is 31.9 Å². The van der Waals surface area contributed by atoms with E-state index in [1.165, 1.54) is 0 Å². The Bertz CT molecular complexity index is 1050. The van der Waals surface area contributed by atoms with Gasteiger partial charge in [0.1, 0.15) is 19.3 Å². The number of hydrogen-bond donors (Lipinski definition) is 2. The van der Waals surface area contributed by atoms with Crippen LogP contribution in [0.15, 0.2) is 18.2 Å². The van der Waals surface area contributed by atoms with Gasteiger partial charge in [0, 0.05) is 38.3 Å². The summed E-state index contributed by atoms with van der Waals surface area (Å²) in [5.41, 5.74) is 1.11. The number of nitrogens with one attached hydrogen (secondary N) is 1. The molecule has 3 heterocycles. The highest BCUT2D eigenvalue weighted by Gasteiger charge is 2.44. The molecule has 1 aromatic rings. The van der Waals surface area contributed by atoms with Crippen LogP contribution in [0.3, 0.4) is 0 Å². The number of benzene rings is 1. The molecule has 0 aliphatic carbocycles. The minimum absolute atomic E-state index is 0.0550. The summed E-state index contributed by atoms with van der Waals surface area (Å²) in [5, 5.41) is 10.7. The van der Waals surface area contributed by atoms with Gasteiger partial charge in [0.15, 0.2) is 0 Å². The lowest BCUT2D eigenvalue weighted by Gasteiger charge is -2.36. The van der Waals surface area contributed by atoms with Crippen molar-refractivity contribution in [3.63, 3.8) is 0 Å². The third-order valence-electron chi connectivity index (χ3n) is 5.87. The number of nitrogens with zero attached hydrogens (tertiary/aromatic N) is 3. The smallest absolute Gasteiger partial charge is 0.329 e. The van der Waals surface area contributed by atoms with E-state index in [9.17, 15) is 28.8 Å². The van der Waals surface area contributed by atoms with Crippen LogP contribution in [0.2, 0.25) is 0 Å². The number of piperazine rings is 1. The lowest BCUT2D eigenvalue weighted by Crippen LogP contribution is -2.54. The molecule has 5 amide bonds. The Labute approximate surface area is 188 Å². The molecule has 0 spiro atoms. The van der Waals surface area contributed by atoms with Gasteiger partial charge in [-0.1, -0.05) is 0 Å². The normalized spacial score (nSPS) is 20.7. The Hall–Kier alpha value is -3.80. The van der Waals surface area contributed by atoms with Crippen LogP contribution in [0, 0.1) is 0 Å². The average molecular weight is 458 g/mol. The molecule has 174 valence electrons. The van der Waals surface area contributed by atoms with Crippen molar-refractivity contribution in [2.75, 3.05) is 44.3 Å². The largest absolute Gasteiger partial charge is 0.480 e. The van der Waals surface area contributed by atoms with E-state index in [1.807, 2.05) is 4.90 Å². The number of imide groups is 2. The number of ether oxygens (including phenoxy) is 1. The predicted octanol–water partition coefficient (Wildman–Crippen LogP) is -1.16. The minimum atomic E-state index is -1.14. The van der Waals surface area contributed by atoms with Gasteiger partial charge in [-0.3, -0.25) is 34.2 Å². The van der Waals surface area contributed by atoms with Gasteiger partial charge in [-0.05, 0) is 24.6 Å². The maximum atomic E-state index is 13.0. The van der Waals surface area contributed by atoms with Crippen LogP contribution in [0.1, 0.15) is 33.6 Å². The third kappa shape index (κ3) is 4.42. The molecular formula is C21H22N4O8. The van der Waals surface area contributed by atoms with Crippen molar-refractivity contribution in [3.8, 4) is 0 Å². The molecule has 2 N–H and O–H groups in total. The number of piperidine rings is 1. The second kappa shape index (κ2) is 8.98. The van der Waals surface area contributed by atoms with Gasteiger partial charge in [-0.25, -0.2) is 4.79 Å². The zero-order valence-electron chi connectivity index (χ0n) is 17.6. The molecule has 3 aliphatic heterocycles. The van der Waals surface area contributed by atoms with E-state index in [4.69, 9.17) is 9.84 Å². The molecule has 12 heteroatoms. The first kappa shape index (κ1) is 22.4. The Morgan fingerprint density at radius 2 is 1.70 bits per heavy atom. The first-order chi connectivity index (χ1) is 15.8. The standard InChI is InChI=1S/C21H22N4O8/c26-16-4-3-15(19(30)22-16)25-20(31)13-2-1-12(9-14(13)21(25)32)23-5-7-24(8-6-23)17(27)10-33-11-18(28)29/h1-2,9,15H,3-8,10-11H2,(H,28,29)(H,22,26,30). The fraction of sp³-hybridized carbons (Fsp3) is 0.429. The Kier molecular flexibility index (Phi) is 6.09. The van der Waals surface area contributed by atoms with Gasteiger partial charge < -0.3 is 19.6 Å². The van der Waals surface area contributed by atoms with Crippen LogP contribution in [0.5, 0.6) is 0 Å². The first-order valence-electron chi connectivity index (χ1n) is 10.4. The molecule has 4 rings (SSSR count). The van der Waals surface area contributed by atoms with E-state index in [1.54, 1.807) is 23.1 Å². The predicted molar refractivity (Wildman–Crippen MR) is 110 cm³/mol. The van der Waals surface area contributed by atoms with Gasteiger partial charge in [-0.2, -0.15) is 0 Å². The van der Waals surface area contributed by atoms with Crippen LogP contribution in [0.25, 0.3) is 0 Å². The average Bonchev–Trinajstić information content (AvgIpc) is 3.03. The van der Waals surface area contributed by atoms with Crippen LogP contribution >= 0.6 is 0 Å². The second-order valence-electron chi connectivity index (χ2n) is 7.93. The molecule has 3 aliphatic rings. The van der Waals surface area contributed by atoms with Gasteiger partial charge in [0.05, 0.1) is 11.1 Å². The number of fused-ring (bicyclic) bond motifs is 1. The SMILES string of the molecule is O=C(O)COCC(=O)N1CCN(c2ccc3c(c2)C(=O)N(C2CCC(=O)NC2=O)C3=O)CC1. The highest BCUT2D eigenvalue weighted by molar-refractivity contribution is 6.23. The number of anilines is 1. The Morgan fingerprint density at radius 3 is 2.36 bits per heavy atom. The van der Waals surface area contributed by atoms with Crippen molar-refractivity contribution in [2.24, 2.45) is 0 Å². The Morgan fingerprint density at radius 1 is 1.00 bits per heavy atom. The topological polar surface area (TPSA) is 154 Å². The molecule has 0 radical (unpaired) electrons. The summed E-state index contributed by atoms with van der Waals surface area (Å²) < 4.78 is 4.84. The van der Waals surface area contributed by atoms with Crippen LogP contribution in [-0.2, 0) is 23.9 Å². The van der Waals surface area contributed by atoms with E-state index < -0.39 is 42.2 Å². The number of hydrogen-bond acceptors (Lipinski definition) is 8. The number of carbonyl (C=O) groups excluding carboxylic acids is 5. The fourth-order valence-electron chi connectivity index (χ4n) is 4.19. The third-order valence-corrected chi connectivity index (χ3v) is 5.87. The molecule has 0 bridgehead atoms. The quantitative estimate of drug-likeness (QED) is 0.502. The summed E-state index contributed by atoms with van der Waals surface area (Å²) in [4.78, 5) is 76.4. The molecule has 0 saturated carbocycles. The van der Waals surface area contributed by atoms with Crippen molar-refractivity contribution in [1.29, 1.82) is 0 Å². The second-order valence-corrected chi connectivity index (χ2v) is 7.93. The number of rotatable bonds is 6. The summed E-state index contributed by atoms with van der Waals surface area (Å²) in [6.07, 6.45) is 0.147. The van der Waals surface area contributed by atoms with E-state index in [-0.39, 0.29) is 36.5 Å². The number of carbonyl (C=O) groups is 6. The zero-order chi connectivity index (χ0) is 23.7. The highest BCUT2D eigenvalue weighted by atomic mass is 16.5. The molecule has 0 aromatic heterocycles. The number of aliphatic carboxylic acids is 1. The number of amides is 5. The summed E-state index contributed by atoms with van der Waals surface area (Å²) in [6, 6.07) is 3.85. The van der Waals surface area contributed by atoms with Crippen LogP contribution in [0.4, 0.5) is 5.69 Å². The lowest BCUT2D eigenvalue weighted by atomic mass is 10.0. The summed E-state index contributed by atoms with van der Waals surface area (Å²) in [7, 11) is 0. The molecule has 1 aromatic carbocycles. The maximum Gasteiger partial charge on any atom is 0.329 e. The van der Waals surface area contributed by atoms with Crippen molar-refractivity contribution >= 4 is 41.2 Å². The molecular weight excluding hydrogens is 436 g/mol. The monoisotopic (exact) mass is 458 g/mol. The van der Waals surface area contributed by atoms with Gasteiger partial charge >= 0.3 is 5.97 Å². The van der Waals surface area contributed by atoms with Crippen molar-refractivity contribution in [1.82, 2.24) is 15.1 Å². The van der Waals surface area contributed by atoms with Gasteiger partial charge in [0.2, 0.25) is 17.7 Å². The molecule has 12 nitrogen and oxygen atoms in total. The Balaban J connectivity index is 1.41. The lowest BCUT2D eigenvalue weighted by molar-refractivity contribution is -0.146. The van der Waals surface area contributed by atoms with Crippen molar-refractivity contribution in [3.05, 3.63) is 29.3 Å². The summed E-state index contributed by atoms with van der Waals surface area (Å²) >= 11 is 0. The molecule has 2 fully saturated rings. The summed E-state index contributed by atoms with van der Waals surface area (Å²) in [5.74, 6) is -3.67. The van der Waals surface area contributed by atoms with Crippen LogP contribution in [-0.4, -0.2) is 95.8 Å². The minimum Gasteiger partial charge on any atom is -0.480 e. The zero-order valence-corrected chi connectivity index (χ0v) is 17.6. The van der Waals surface area contributed by atoms with Crippen molar-refractivity contribution in [2.45, 2.75) is 18.9 Å². The van der Waals surface area contributed by atoms with E-state index >= 15 is 0 Å². The number of carboxylic acids is 1. The molecule has 2 saturated heterocycles. The maximum absolute atomic E-state index is 13.0.